The van der Waals surface area contributed by atoms with Crippen LogP contribution in [0.2, 0.25) is 0 Å². The molecule has 10 atom stereocenters. The van der Waals surface area contributed by atoms with Crippen molar-refractivity contribution in [3.8, 4) is 0 Å². The summed E-state index contributed by atoms with van der Waals surface area (Å²) in [6, 6.07) is 0. The van der Waals surface area contributed by atoms with Gasteiger partial charge in [0, 0.05) is 0 Å². The Morgan fingerprint density at radius 2 is 1.30 bits per heavy atom. The van der Waals surface area contributed by atoms with Crippen LogP contribution in [0, 0.1) is 59.2 Å². The van der Waals surface area contributed by atoms with E-state index in [1.165, 1.54) is 32.1 Å². The van der Waals surface area contributed by atoms with E-state index in [0.29, 0.717) is 0 Å². The lowest BCUT2D eigenvalue weighted by Crippen LogP contribution is -2.44. The highest BCUT2D eigenvalue weighted by molar-refractivity contribution is 5.06. The minimum Gasteiger partial charge on any atom is -0.0651 e. The third-order valence-corrected chi connectivity index (χ3v) is 9.51. The Morgan fingerprint density at radius 3 is 2.04 bits per heavy atom. The molecule has 0 aromatic rings. The van der Waals surface area contributed by atoms with Crippen molar-refractivity contribution in [2.45, 2.75) is 85.5 Å². The summed E-state index contributed by atoms with van der Waals surface area (Å²) in [5.41, 5.74) is 0. The molecule has 4 fully saturated rings. The Bertz CT molecular complexity index is 412. The first-order chi connectivity index (χ1) is 11.2. The van der Waals surface area contributed by atoms with Gasteiger partial charge < -0.3 is 0 Å². The smallest absolute Gasteiger partial charge is 0.0326 e. The predicted molar refractivity (Wildman–Crippen MR) is 99.1 cm³/mol. The van der Waals surface area contributed by atoms with Gasteiger partial charge in [0.05, 0.1) is 0 Å². The maximum atomic E-state index is 2.61. The Labute approximate surface area is 145 Å². The molecule has 0 radical (unpaired) electrons. The van der Waals surface area contributed by atoms with Gasteiger partial charge in [-0.15, -0.1) is 0 Å². The Morgan fingerprint density at radius 1 is 0.652 bits per heavy atom. The van der Waals surface area contributed by atoms with Gasteiger partial charge in [-0.2, -0.15) is 0 Å². The van der Waals surface area contributed by atoms with Gasteiger partial charge >= 0.3 is 0 Å². The molecule has 0 heteroatoms. The summed E-state index contributed by atoms with van der Waals surface area (Å²) in [4.78, 5) is 0. The third kappa shape index (κ3) is 2.53. The molecule has 0 aromatic carbocycles. The average molecular weight is 317 g/mol. The van der Waals surface area contributed by atoms with Crippen LogP contribution in [-0.4, -0.2) is 0 Å². The average Bonchev–Trinajstić information content (AvgIpc) is 2.99. The van der Waals surface area contributed by atoms with Gasteiger partial charge in [-0.05, 0) is 84.9 Å². The zero-order valence-corrected chi connectivity index (χ0v) is 16.1. The molecule has 4 aliphatic carbocycles. The van der Waals surface area contributed by atoms with Crippen molar-refractivity contribution in [2.75, 3.05) is 0 Å². The van der Waals surface area contributed by atoms with Gasteiger partial charge in [0.2, 0.25) is 0 Å². The minimum absolute atomic E-state index is 1.02. The molecule has 0 N–H and O–H groups in total. The summed E-state index contributed by atoms with van der Waals surface area (Å²) in [6.07, 6.45) is 13.9. The van der Waals surface area contributed by atoms with Crippen molar-refractivity contribution in [3.05, 3.63) is 0 Å². The summed E-state index contributed by atoms with van der Waals surface area (Å²) < 4.78 is 0. The van der Waals surface area contributed by atoms with Crippen molar-refractivity contribution in [1.82, 2.24) is 0 Å². The zero-order chi connectivity index (χ0) is 16.1. The molecule has 0 nitrogen and oxygen atoms in total. The van der Waals surface area contributed by atoms with E-state index < -0.39 is 0 Å². The largest absolute Gasteiger partial charge is 0.0651 e. The molecule has 23 heavy (non-hydrogen) atoms. The lowest BCUT2D eigenvalue weighted by Gasteiger charge is -2.51. The maximum Gasteiger partial charge on any atom is -0.0326 e. The SMILES string of the molecule is CCC1CC2C(C3CC4C(C)CCCCC43)CC(CC)C2C1C. The molecular weight excluding hydrogens is 276 g/mol. The highest BCUT2D eigenvalue weighted by atomic mass is 14.6. The summed E-state index contributed by atoms with van der Waals surface area (Å²) in [7, 11) is 0. The van der Waals surface area contributed by atoms with Gasteiger partial charge in [0.1, 0.15) is 0 Å². The highest BCUT2D eigenvalue weighted by Crippen LogP contribution is 2.64. The van der Waals surface area contributed by atoms with Crippen molar-refractivity contribution in [3.63, 3.8) is 0 Å². The van der Waals surface area contributed by atoms with Crippen LogP contribution in [-0.2, 0) is 0 Å². The summed E-state index contributed by atoms with van der Waals surface area (Å²) >= 11 is 0. The molecule has 4 rings (SSSR count). The summed E-state index contributed by atoms with van der Waals surface area (Å²) in [5.74, 6) is 10.9. The van der Waals surface area contributed by atoms with E-state index in [2.05, 4.69) is 27.7 Å². The maximum absolute atomic E-state index is 2.61. The van der Waals surface area contributed by atoms with Crippen LogP contribution in [0.3, 0.4) is 0 Å². The quantitative estimate of drug-likeness (QED) is 0.537. The summed E-state index contributed by atoms with van der Waals surface area (Å²) in [6.45, 7) is 10.1. The Hall–Kier alpha value is 0. The van der Waals surface area contributed by atoms with Crippen LogP contribution in [0.4, 0.5) is 0 Å². The van der Waals surface area contributed by atoms with Gasteiger partial charge in [-0.1, -0.05) is 59.8 Å². The van der Waals surface area contributed by atoms with E-state index in [9.17, 15) is 0 Å². The second-order valence-electron chi connectivity index (χ2n) is 10.1. The fourth-order valence-electron chi connectivity index (χ4n) is 8.24. The molecule has 4 saturated carbocycles. The number of hydrogen-bond donors (Lipinski definition) is 0. The van der Waals surface area contributed by atoms with Crippen molar-refractivity contribution >= 4 is 0 Å². The van der Waals surface area contributed by atoms with Crippen LogP contribution >= 0.6 is 0 Å². The monoisotopic (exact) mass is 316 g/mol. The standard InChI is InChI=1S/C23H40/c1-5-16-11-22-20(12-17(6-2)23(22)15(16)4)21-13-19-14(3)9-7-8-10-18(19)21/h14-23H,5-13H2,1-4H3. The molecule has 132 valence electrons. The van der Waals surface area contributed by atoms with Crippen molar-refractivity contribution in [1.29, 1.82) is 0 Å². The third-order valence-electron chi connectivity index (χ3n) is 9.51. The molecule has 10 unspecified atom stereocenters. The lowest BCUT2D eigenvalue weighted by atomic mass is 9.54. The molecule has 0 bridgehead atoms. The number of rotatable bonds is 3. The molecular formula is C23H40. The predicted octanol–water partition coefficient (Wildman–Crippen LogP) is 6.79. The molecule has 0 aliphatic heterocycles. The molecule has 0 aromatic heterocycles. The molecule has 0 heterocycles. The fourth-order valence-corrected chi connectivity index (χ4v) is 8.24. The molecule has 0 saturated heterocycles. The minimum atomic E-state index is 1.02. The first-order valence-electron chi connectivity index (χ1n) is 11.2. The van der Waals surface area contributed by atoms with Gasteiger partial charge in [0.15, 0.2) is 0 Å². The first kappa shape index (κ1) is 16.5. The lowest BCUT2D eigenvalue weighted by molar-refractivity contribution is -0.0227. The molecule has 0 amide bonds. The van der Waals surface area contributed by atoms with E-state index in [-0.39, 0.29) is 0 Å². The van der Waals surface area contributed by atoms with Gasteiger partial charge in [0.25, 0.3) is 0 Å². The molecule has 4 aliphatic rings. The van der Waals surface area contributed by atoms with E-state index in [4.69, 9.17) is 0 Å². The summed E-state index contributed by atoms with van der Waals surface area (Å²) in [5, 5.41) is 0. The van der Waals surface area contributed by atoms with Gasteiger partial charge in [-0.25, -0.2) is 0 Å². The van der Waals surface area contributed by atoms with Crippen LogP contribution in [0.1, 0.15) is 85.5 Å². The normalized spacial score (nSPS) is 55.8. The number of fused-ring (bicyclic) bond motifs is 2. The Kier molecular flexibility index (Phi) is 4.57. The van der Waals surface area contributed by atoms with Crippen molar-refractivity contribution < 1.29 is 0 Å². The highest BCUT2D eigenvalue weighted by Gasteiger charge is 2.57. The van der Waals surface area contributed by atoms with Crippen LogP contribution < -0.4 is 0 Å². The van der Waals surface area contributed by atoms with E-state index in [0.717, 1.165) is 59.2 Å². The van der Waals surface area contributed by atoms with E-state index in [1.54, 1.807) is 25.7 Å². The molecule has 0 spiro atoms. The van der Waals surface area contributed by atoms with Crippen LogP contribution in [0.5, 0.6) is 0 Å². The van der Waals surface area contributed by atoms with Crippen LogP contribution in [0.15, 0.2) is 0 Å². The van der Waals surface area contributed by atoms with E-state index in [1.807, 2.05) is 0 Å². The first-order valence-corrected chi connectivity index (χ1v) is 11.2. The van der Waals surface area contributed by atoms with Crippen molar-refractivity contribution in [2.24, 2.45) is 59.2 Å². The van der Waals surface area contributed by atoms with Gasteiger partial charge in [-0.3, -0.25) is 0 Å². The zero-order valence-electron chi connectivity index (χ0n) is 16.1. The Balaban J connectivity index is 1.51. The fraction of sp³-hybridized carbons (Fsp3) is 1.00. The second kappa shape index (κ2) is 6.38. The second-order valence-corrected chi connectivity index (χ2v) is 10.1. The topological polar surface area (TPSA) is 0 Å². The van der Waals surface area contributed by atoms with Crippen LogP contribution in [0.25, 0.3) is 0 Å². The van der Waals surface area contributed by atoms with E-state index >= 15 is 0 Å². The number of hydrogen-bond acceptors (Lipinski definition) is 0.